The quantitative estimate of drug-likeness (QED) is 0.170. The lowest BCUT2D eigenvalue weighted by Crippen LogP contribution is -2.31. The van der Waals surface area contributed by atoms with E-state index in [0.29, 0.717) is 53.5 Å². The van der Waals surface area contributed by atoms with E-state index in [9.17, 15) is 14.9 Å². The highest BCUT2D eigenvalue weighted by Gasteiger charge is 2.22. The molecule has 38 heavy (non-hydrogen) atoms. The van der Waals surface area contributed by atoms with E-state index in [1.807, 2.05) is 23.0 Å². The van der Waals surface area contributed by atoms with Crippen LogP contribution in [0.25, 0.3) is 11.1 Å². The maximum atomic E-state index is 13.2. The first kappa shape index (κ1) is 27.7. The summed E-state index contributed by atoms with van der Waals surface area (Å²) in [6.45, 7) is 2.87. The lowest BCUT2D eigenvalue weighted by Gasteiger charge is -2.19. The van der Waals surface area contributed by atoms with Gasteiger partial charge in [0.05, 0.1) is 10.5 Å². The number of aromatic nitrogens is 2. The predicted octanol–water partition coefficient (Wildman–Crippen LogP) is 5.06. The van der Waals surface area contributed by atoms with Crippen molar-refractivity contribution in [3.8, 4) is 11.1 Å². The van der Waals surface area contributed by atoms with Crippen molar-refractivity contribution in [2.45, 2.75) is 38.3 Å². The molecule has 202 valence electrons. The average Bonchev–Trinajstić information content (AvgIpc) is 3.48. The fourth-order valence-electron chi connectivity index (χ4n) is 4.73. The van der Waals surface area contributed by atoms with Crippen LogP contribution in [0.3, 0.4) is 0 Å². The van der Waals surface area contributed by atoms with E-state index in [1.54, 1.807) is 12.1 Å². The molecule has 1 unspecified atom stereocenters. The van der Waals surface area contributed by atoms with E-state index >= 15 is 0 Å². The number of halogens is 2. The standard InChI is InChI=1S/C26H31Cl2N7O3/c1-33-12-2-4-18(33)9-11-31-26(36)21-16-34(15-20(21)19-6-5-17(27)14-22(19)28)13-3-10-30-24-8-7-23(35(37)38)25(29)32-24/h5-8,14-16,18H,2-4,9-13H2,1H3,(H,31,36)(H3,29,30,32). The first-order valence-electron chi connectivity index (χ1n) is 12.5. The number of rotatable bonds is 11. The molecule has 4 rings (SSSR count). The number of nitro groups is 1. The molecule has 12 heteroatoms. The number of carbonyl (C=O) groups is 1. The van der Waals surface area contributed by atoms with E-state index in [0.717, 1.165) is 30.5 Å². The van der Waals surface area contributed by atoms with E-state index in [4.69, 9.17) is 28.9 Å². The van der Waals surface area contributed by atoms with Gasteiger partial charge in [-0.05, 0) is 57.5 Å². The van der Waals surface area contributed by atoms with Crippen LogP contribution in [0, 0.1) is 10.1 Å². The molecular formula is C26H31Cl2N7O3. The Kier molecular flexibility index (Phi) is 9.09. The number of nitrogen functional groups attached to an aromatic ring is 1. The zero-order chi connectivity index (χ0) is 27.2. The van der Waals surface area contributed by atoms with Gasteiger partial charge >= 0.3 is 5.69 Å². The van der Waals surface area contributed by atoms with Crippen LogP contribution in [0.15, 0.2) is 42.7 Å². The van der Waals surface area contributed by atoms with Crippen LogP contribution in [-0.2, 0) is 6.54 Å². The third kappa shape index (κ3) is 6.75. The number of pyridine rings is 1. The van der Waals surface area contributed by atoms with Gasteiger partial charge in [-0.2, -0.15) is 0 Å². The fraction of sp³-hybridized carbons (Fsp3) is 0.385. The molecule has 1 aromatic carbocycles. The van der Waals surface area contributed by atoms with Crippen molar-refractivity contribution in [3.63, 3.8) is 0 Å². The molecule has 1 atom stereocenters. The van der Waals surface area contributed by atoms with Crippen molar-refractivity contribution in [1.82, 2.24) is 19.8 Å². The van der Waals surface area contributed by atoms with Crippen molar-refractivity contribution in [3.05, 3.63) is 68.4 Å². The normalized spacial score (nSPS) is 15.5. The van der Waals surface area contributed by atoms with E-state index in [-0.39, 0.29) is 17.4 Å². The van der Waals surface area contributed by atoms with Crippen molar-refractivity contribution >= 4 is 46.4 Å². The first-order chi connectivity index (χ1) is 18.2. The van der Waals surface area contributed by atoms with E-state index in [1.165, 1.54) is 18.6 Å². The summed E-state index contributed by atoms with van der Waals surface area (Å²) in [4.78, 5) is 29.9. The Morgan fingerprint density at radius 2 is 2.03 bits per heavy atom. The molecule has 0 spiro atoms. The maximum absolute atomic E-state index is 13.2. The molecule has 1 fully saturated rings. The van der Waals surface area contributed by atoms with Gasteiger partial charge in [-0.3, -0.25) is 14.9 Å². The number of carbonyl (C=O) groups excluding carboxylic acids is 1. The largest absolute Gasteiger partial charge is 0.378 e. The van der Waals surface area contributed by atoms with Crippen LogP contribution in [0.4, 0.5) is 17.3 Å². The number of aryl methyl sites for hydroxylation is 1. The maximum Gasteiger partial charge on any atom is 0.311 e. The molecular weight excluding hydrogens is 529 g/mol. The third-order valence-corrected chi connectivity index (χ3v) is 7.33. The van der Waals surface area contributed by atoms with Crippen LogP contribution >= 0.6 is 23.2 Å². The highest BCUT2D eigenvalue weighted by Crippen LogP contribution is 2.33. The number of hydrogen-bond donors (Lipinski definition) is 3. The van der Waals surface area contributed by atoms with E-state index in [2.05, 4.69) is 27.6 Å². The molecule has 0 saturated carbocycles. The summed E-state index contributed by atoms with van der Waals surface area (Å²) in [5.41, 5.74) is 7.46. The van der Waals surface area contributed by atoms with Gasteiger partial charge in [0.1, 0.15) is 5.82 Å². The van der Waals surface area contributed by atoms with Crippen molar-refractivity contribution in [2.24, 2.45) is 0 Å². The zero-order valence-corrected chi connectivity index (χ0v) is 22.6. The molecule has 10 nitrogen and oxygen atoms in total. The van der Waals surface area contributed by atoms with Crippen LogP contribution in [-0.4, -0.2) is 58.0 Å². The Bertz CT molecular complexity index is 1310. The molecule has 1 saturated heterocycles. The Labute approximate surface area is 231 Å². The lowest BCUT2D eigenvalue weighted by atomic mass is 10.0. The Hall–Kier alpha value is -3.34. The lowest BCUT2D eigenvalue weighted by molar-refractivity contribution is -0.384. The van der Waals surface area contributed by atoms with Crippen molar-refractivity contribution in [1.29, 1.82) is 0 Å². The fourth-order valence-corrected chi connectivity index (χ4v) is 5.24. The monoisotopic (exact) mass is 559 g/mol. The Morgan fingerprint density at radius 1 is 1.21 bits per heavy atom. The topological polar surface area (TPSA) is 131 Å². The van der Waals surface area contributed by atoms with E-state index < -0.39 is 4.92 Å². The summed E-state index contributed by atoms with van der Waals surface area (Å²) in [6, 6.07) is 8.59. The predicted molar refractivity (Wildman–Crippen MR) is 151 cm³/mol. The number of nitrogens with one attached hydrogen (secondary N) is 2. The van der Waals surface area contributed by atoms with Crippen LogP contribution in [0.2, 0.25) is 10.0 Å². The van der Waals surface area contributed by atoms with Gasteiger partial charge in [-0.1, -0.05) is 29.3 Å². The van der Waals surface area contributed by atoms with Crippen LogP contribution < -0.4 is 16.4 Å². The molecule has 1 aliphatic heterocycles. The number of hydrogen-bond acceptors (Lipinski definition) is 7. The Morgan fingerprint density at radius 3 is 2.71 bits per heavy atom. The molecule has 1 aliphatic rings. The van der Waals surface area contributed by atoms with Gasteiger partial charge in [0.2, 0.25) is 5.82 Å². The minimum absolute atomic E-state index is 0.134. The Balaban J connectivity index is 1.42. The summed E-state index contributed by atoms with van der Waals surface area (Å²) < 4.78 is 1.96. The SMILES string of the molecule is CN1CCCC1CCNC(=O)c1cn(CCCNc2ccc([N+](=O)[O-])c(N)n2)cc1-c1ccc(Cl)cc1Cl. The van der Waals surface area contributed by atoms with Gasteiger partial charge in [0.25, 0.3) is 5.91 Å². The second-order valence-corrected chi connectivity index (χ2v) is 10.3. The van der Waals surface area contributed by atoms with Crippen molar-refractivity contribution in [2.75, 3.05) is 37.7 Å². The number of anilines is 2. The molecule has 0 bridgehead atoms. The molecule has 4 N–H and O–H groups in total. The molecule has 3 heterocycles. The minimum atomic E-state index is -0.566. The second-order valence-electron chi connectivity index (χ2n) is 9.41. The molecule has 2 aromatic heterocycles. The molecule has 1 amide bonds. The summed E-state index contributed by atoms with van der Waals surface area (Å²) in [5, 5.41) is 18.1. The minimum Gasteiger partial charge on any atom is -0.378 e. The summed E-state index contributed by atoms with van der Waals surface area (Å²) in [5.74, 6) is 0.182. The average molecular weight is 560 g/mol. The van der Waals surface area contributed by atoms with Gasteiger partial charge < -0.3 is 25.8 Å². The molecule has 0 aliphatic carbocycles. The van der Waals surface area contributed by atoms with Crippen molar-refractivity contribution < 1.29 is 9.72 Å². The molecule has 3 aromatic rings. The summed E-state index contributed by atoms with van der Waals surface area (Å²) in [6.07, 6.45) is 7.71. The number of likely N-dealkylation sites (tertiary alicyclic amines) is 1. The summed E-state index contributed by atoms with van der Waals surface area (Å²) >= 11 is 12.6. The highest BCUT2D eigenvalue weighted by molar-refractivity contribution is 6.36. The van der Waals surface area contributed by atoms with Gasteiger partial charge in [-0.25, -0.2) is 4.98 Å². The molecule has 0 radical (unpaired) electrons. The smallest absolute Gasteiger partial charge is 0.311 e. The van der Waals surface area contributed by atoms with Crippen LogP contribution in [0.5, 0.6) is 0 Å². The number of amides is 1. The third-order valence-electron chi connectivity index (χ3n) is 6.78. The number of benzene rings is 1. The van der Waals surface area contributed by atoms with Gasteiger partial charge in [0, 0.05) is 65.3 Å². The first-order valence-corrected chi connectivity index (χ1v) is 13.3. The summed E-state index contributed by atoms with van der Waals surface area (Å²) in [7, 11) is 2.13. The second kappa shape index (κ2) is 12.5. The van der Waals surface area contributed by atoms with Gasteiger partial charge in [-0.15, -0.1) is 0 Å². The highest BCUT2D eigenvalue weighted by atomic mass is 35.5. The number of nitrogens with zero attached hydrogens (tertiary/aromatic N) is 4. The number of nitrogens with two attached hydrogens (primary N) is 1. The van der Waals surface area contributed by atoms with Crippen LogP contribution in [0.1, 0.15) is 36.0 Å². The van der Waals surface area contributed by atoms with Gasteiger partial charge in [0.15, 0.2) is 0 Å². The zero-order valence-electron chi connectivity index (χ0n) is 21.1.